The Morgan fingerprint density at radius 3 is 3.00 bits per heavy atom. The Labute approximate surface area is 111 Å². The highest BCUT2D eigenvalue weighted by Crippen LogP contribution is 2.23. The Balaban J connectivity index is 1.97. The van der Waals surface area contributed by atoms with Gasteiger partial charge in [-0.05, 0) is 43.0 Å². The number of benzene rings is 1. The van der Waals surface area contributed by atoms with Gasteiger partial charge in [0.1, 0.15) is 0 Å². The average molecular weight is 246 g/mol. The van der Waals surface area contributed by atoms with E-state index in [1.807, 2.05) is 0 Å². The maximum Gasteiger partial charge on any atom is 0.0372 e. The first-order valence-electron chi connectivity index (χ1n) is 7.23. The lowest BCUT2D eigenvalue weighted by molar-refractivity contribution is 0.275. The molecule has 1 aliphatic heterocycles. The first-order chi connectivity index (χ1) is 8.69. The fraction of sp³-hybridized carbons (Fsp3) is 0.625. The van der Waals surface area contributed by atoms with Crippen LogP contribution >= 0.6 is 0 Å². The lowest BCUT2D eigenvalue weighted by Crippen LogP contribution is -2.24. The number of anilines is 1. The van der Waals surface area contributed by atoms with Crippen LogP contribution in [-0.4, -0.2) is 25.0 Å². The number of nitrogens with zero attached hydrogens (tertiary/aromatic N) is 1. The number of rotatable bonds is 5. The maximum atomic E-state index is 3.47. The zero-order valence-corrected chi connectivity index (χ0v) is 12.0. The molecule has 0 bridgehead atoms. The molecule has 0 saturated carbocycles. The van der Waals surface area contributed by atoms with E-state index >= 15 is 0 Å². The minimum atomic E-state index is 0.786. The van der Waals surface area contributed by atoms with Crippen molar-refractivity contribution in [1.82, 2.24) is 4.90 Å². The van der Waals surface area contributed by atoms with Crippen LogP contribution in [0.25, 0.3) is 0 Å². The smallest absolute Gasteiger partial charge is 0.0372 e. The van der Waals surface area contributed by atoms with Gasteiger partial charge in [-0.2, -0.15) is 0 Å². The number of fused-ring (bicyclic) bond motifs is 1. The van der Waals surface area contributed by atoms with Crippen molar-refractivity contribution >= 4 is 5.69 Å². The predicted molar refractivity (Wildman–Crippen MR) is 79.0 cm³/mol. The van der Waals surface area contributed by atoms with Crippen molar-refractivity contribution in [3.8, 4) is 0 Å². The zero-order valence-electron chi connectivity index (χ0n) is 12.0. The normalized spacial score (nSPS) is 16.2. The van der Waals surface area contributed by atoms with E-state index in [-0.39, 0.29) is 0 Å². The van der Waals surface area contributed by atoms with Crippen molar-refractivity contribution in [2.75, 3.05) is 25.5 Å². The fourth-order valence-corrected chi connectivity index (χ4v) is 2.66. The summed E-state index contributed by atoms with van der Waals surface area (Å²) < 4.78 is 0. The van der Waals surface area contributed by atoms with E-state index in [1.165, 1.54) is 42.6 Å². The highest BCUT2D eigenvalue weighted by Gasteiger charge is 2.10. The number of hydrogen-bond acceptors (Lipinski definition) is 2. The Morgan fingerprint density at radius 1 is 1.39 bits per heavy atom. The standard InChI is InChI=1S/C16H26N2/c1-4-13(2)11-18(3)12-14-7-8-16-15(10-14)6-5-9-17-16/h7-8,10,13,17H,4-6,9,11-12H2,1-3H3. The van der Waals surface area contributed by atoms with Crippen LogP contribution in [0.4, 0.5) is 5.69 Å². The van der Waals surface area contributed by atoms with E-state index in [9.17, 15) is 0 Å². The first kappa shape index (κ1) is 13.4. The van der Waals surface area contributed by atoms with Crippen LogP contribution in [0.3, 0.4) is 0 Å². The minimum absolute atomic E-state index is 0.786. The third-order valence-corrected chi connectivity index (χ3v) is 3.88. The summed E-state index contributed by atoms with van der Waals surface area (Å²) in [5.74, 6) is 0.786. The summed E-state index contributed by atoms with van der Waals surface area (Å²) in [5.41, 5.74) is 4.29. The lowest BCUT2D eigenvalue weighted by atomic mass is 10.0. The average Bonchev–Trinajstić information content (AvgIpc) is 2.38. The molecule has 18 heavy (non-hydrogen) atoms. The van der Waals surface area contributed by atoms with Gasteiger partial charge in [-0.25, -0.2) is 0 Å². The largest absolute Gasteiger partial charge is 0.385 e. The van der Waals surface area contributed by atoms with Crippen LogP contribution in [-0.2, 0) is 13.0 Å². The van der Waals surface area contributed by atoms with Gasteiger partial charge in [-0.15, -0.1) is 0 Å². The van der Waals surface area contributed by atoms with Crippen LogP contribution in [0.5, 0.6) is 0 Å². The lowest BCUT2D eigenvalue weighted by Gasteiger charge is -2.22. The molecule has 2 nitrogen and oxygen atoms in total. The molecular weight excluding hydrogens is 220 g/mol. The third-order valence-electron chi connectivity index (χ3n) is 3.88. The Bertz CT molecular complexity index is 387. The molecule has 0 saturated heterocycles. The molecule has 1 aliphatic rings. The molecule has 0 radical (unpaired) electrons. The molecule has 2 rings (SSSR count). The van der Waals surface area contributed by atoms with Gasteiger partial charge >= 0.3 is 0 Å². The molecule has 1 unspecified atom stereocenters. The number of nitrogens with one attached hydrogen (secondary N) is 1. The van der Waals surface area contributed by atoms with Crippen LogP contribution in [0.1, 0.15) is 37.8 Å². The second-order valence-corrected chi connectivity index (χ2v) is 5.73. The minimum Gasteiger partial charge on any atom is -0.385 e. The highest BCUT2D eigenvalue weighted by molar-refractivity contribution is 5.54. The third kappa shape index (κ3) is 3.49. The molecule has 0 fully saturated rings. The summed E-state index contributed by atoms with van der Waals surface area (Å²) in [6.07, 6.45) is 3.75. The van der Waals surface area contributed by atoms with Crippen LogP contribution in [0, 0.1) is 5.92 Å². The molecule has 2 heteroatoms. The van der Waals surface area contributed by atoms with Crippen molar-refractivity contribution < 1.29 is 0 Å². The van der Waals surface area contributed by atoms with Crippen LogP contribution in [0.15, 0.2) is 18.2 Å². The van der Waals surface area contributed by atoms with E-state index in [0.29, 0.717) is 0 Å². The molecular formula is C16H26N2. The van der Waals surface area contributed by atoms with Crippen molar-refractivity contribution in [1.29, 1.82) is 0 Å². The monoisotopic (exact) mass is 246 g/mol. The zero-order chi connectivity index (χ0) is 13.0. The SMILES string of the molecule is CCC(C)CN(C)Cc1ccc2c(c1)CCCN2. The summed E-state index contributed by atoms with van der Waals surface area (Å²) in [7, 11) is 2.23. The Kier molecular flexibility index (Phi) is 4.65. The summed E-state index contributed by atoms with van der Waals surface area (Å²) in [6.45, 7) is 7.97. The molecule has 0 amide bonds. The van der Waals surface area contributed by atoms with Gasteiger partial charge in [-0.3, -0.25) is 0 Å². The maximum absolute atomic E-state index is 3.47. The molecule has 0 spiro atoms. The van der Waals surface area contributed by atoms with Crippen molar-refractivity contribution in [2.45, 2.75) is 39.7 Å². The summed E-state index contributed by atoms with van der Waals surface area (Å²) in [5, 5.41) is 3.47. The Morgan fingerprint density at radius 2 is 2.22 bits per heavy atom. The summed E-state index contributed by atoms with van der Waals surface area (Å²) >= 11 is 0. The van der Waals surface area contributed by atoms with Crippen molar-refractivity contribution in [3.05, 3.63) is 29.3 Å². The van der Waals surface area contributed by atoms with E-state index in [1.54, 1.807) is 0 Å². The van der Waals surface area contributed by atoms with Gasteiger partial charge in [0.25, 0.3) is 0 Å². The van der Waals surface area contributed by atoms with Gasteiger partial charge in [0.05, 0.1) is 0 Å². The van der Waals surface area contributed by atoms with Crippen molar-refractivity contribution in [2.24, 2.45) is 5.92 Å². The predicted octanol–water partition coefficient (Wildman–Crippen LogP) is 3.52. The molecule has 0 aromatic heterocycles. The second-order valence-electron chi connectivity index (χ2n) is 5.73. The topological polar surface area (TPSA) is 15.3 Å². The van der Waals surface area contributed by atoms with Gasteiger partial charge in [0, 0.05) is 25.3 Å². The second kappa shape index (κ2) is 6.24. The van der Waals surface area contributed by atoms with Gasteiger partial charge in [0.15, 0.2) is 0 Å². The van der Waals surface area contributed by atoms with Crippen LogP contribution in [0.2, 0.25) is 0 Å². The summed E-state index contributed by atoms with van der Waals surface area (Å²) in [4.78, 5) is 2.44. The molecule has 100 valence electrons. The van der Waals surface area contributed by atoms with Gasteiger partial charge in [-0.1, -0.05) is 32.4 Å². The first-order valence-corrected chi connectivity index (χ1v) is 7.23. The van der Waals surface area contributed by atoms with Crippen LogP contribution < -0.4 is 5.32 Å². The quantitative estimate of drug-likeness (QED) is 0.855. The van der Waals surface area contributed by atoms with E-state index in [0.717, 1.165) is 19.0 Å². The molecule has 1 aromatic rings. The van der Waals surface area contributed by atoms with Gasteiger partial charge < -0.3 is 10.2 Å². The number of hydrogen-bond donors (Lipinski definition) is 1. The molecule has 0 aliphatic carbocycles. The van der Waals surface area contributed by atoms with E-state index in [4.69, 9.17) is 0 Å². The molecule has 1 heterocycles. The van der Waals surface area contributed by atoms with Gasteiger partial charge in [0.2, 0.25) is 0 Å². The fourth-order valence-electron chi connectivity index (χ4n) is 2.66. The number of aryl methyl sites for hydroxylation is 1. The highest BCUT2D eigenvalue weighted by atomic mass is 15.1. The molecule has 1 atom stereocenters. The summed E-state index contributed by atoms with van der Waals surface area (Å²) in [6, 6.07) is 6.90. The van der Waals surface area contributed by atoms with Crippen molar-refractivity contribution in [3.63, 3.8) is 0 Å². The molecule has 1 aromatic carbocycles. The molecule has 1 N–H and O–H groups in total. The van der Waals surface area contributed by atoms with E-state index < -0.39 is 0 Å². The van der Waals surface area contributed by atoms with E-state index in [2.05, 4.69) is 49.3 Å². The Hall–Kier alpha value is -1.02.